The molecule has 0 spiro atoms. The van der Waals surface area contributed by atoms with Crippen LogP contribution in [0.25, 0.3) is 0 Å². The zero-order valence-corrected chi connectivity index (χ0v) is 8.97. The van der Waals surface area contributed by atoms with E-state index in [-0.39, 0.29) is 10.8 Å². The summed E-state index contributed by atoms with van der Waals surface area (Å²) in [5.74, 6) is -1.01. The van der Waals surface area contributed by atoms with Gasteiger partial charge in [0.1, 0.15) is 5.75 Å². The molecule has 0 aromatic heterocycles. The molecule has 0 saturated carbocycles. The van der Waals surface area contributed by atoms with E-state index in [4.69, 9.17) is 44.6 Å². The molecule has 1 aromatic carbocycles. The highest BCUT2D eigenvalue weighted by Gasteiger charge is 2.15. The van der Waals surface area contributed by atoms with Crippen LogP contribution in [-0.4, -0.2) is 16.6 Å². The Morgan fingerprint density at radius 3 is 2.50 bits per heavy atom. The number of hydrogen-bond acceptors (Lipinski definition) is 2. The molecule has 0 aliphatic heterocycles. The normalized spacial score (nSPS) is 12.2. The van der Waals surface area contributed by atoms with Gasteiger partial charge in [0.15, 0.2) is 0 Å². The molecule has 1 aromatic rings. The molecule has 1 rings (SSSR count). The van der Waals surface area contributed by atoms with Crippen LogP contribution in [0.5, 0.6) is 5.75 Å². The highest BCUT2D eigenvalue weighted by molar-refractivity contribution is 6.42. The van der Waals surface area contributed by atoms with Crippen LogP contribution in [0.1, 0.15) is 0 Å². The van der Waals surface area contributed by atoms with Crippen LogP contribution < -0.4 is 4.74 Å². The quantitative estimate of drug-likeness (QED) is 0.845. The van der Waals surface area contributed by atoms with Crippen molar-refractivity contribution in [2.45, 2.75) is 5.56 Å². The van der Waals surface area contributed by atoms with Crippen LogP contribution >= 0.6 is 34.8 Å². The lowest BCUT2D eigenvalue weighted by atomic mass is 10.3. The smallest absolute Gasteiger partial charge is 0.360 e. The first-order chi connectivity index (χ1) is 6.50. The molecule has 1 atom stereocenters. The molecule has 0 aliphatic rings. The summed E-state index contributed by atoms with van der Waals surface area (Å²) in [7, 11) is 0. The molecule has 1 unspecified atom stereocenters. The predicted octanol–water partition coefficient (Wildman–Crippen LogP) is 3.02. The first-order valence-corrected chi connectivity index (χ1v) is 4.68. The average molecular weight is 255 g/mol. The van der Waals surface area contributed by atoms with Gasteiger partial charge in [-0.25, -0.2) is 4.79 Å². The molecule has 0 saturated heterocycles. The fourth-order valence-corrected chi connectivity index (χ4v) is 1.11. The second-order valence-electron chi connectivity index (χ2n) is 2.35. The van der Waals surface area contributed by atoms with Crippen molar-refractivity contribution in [2.24, 2.45) is 0 Å². The van der Waals surface area contributed by atoms with E-state index < -0.39 is 11.5 Å². The van der Waals surface area contributed by atoms with Gasteiger partial charge in [-0.3, -0.25) is 0 Å². The number of carboxylic acids is 1. The molecule has 0 radical (unpaired) electrons. The Balaban J connectivity index is 2.78. The van der Waals surface area contributed by atoms with E-state index in [0.717, 1.165) is 0 Å². The first kappa shape index (κ1) is 11.4. The molecule has 6 heteroatoms. The average Bonchev–Trinajstić information content (AvgIpc) is 2.11. The highest BCUT2D eigenvalue weighted by Crippen LogP contribution is 2.27. The zero-order valence-electron chi connectivity index (χ0n) is 6.71. The summed E-state index contributed by atoms with van der Waals surface area (Å²) in [6.45, 7) is 0. The van der Waals surface area contributed by atoms with Crippen molar-refractivity contribution in [3.63, 3.8) is 0 Å². The Hall–Kier alpha value is -0.640. The van der Waals surface area contributed by atoms with Gasteiger partial charge in [-0.1, -0.05) is 34.8 Å². The molecule has 0 fully saturated rings. The van der Waals surface area contributed by atoms with Gasteiger partial charge in [0.05, 0.1) is 10.0 Å². The van der Waals surface area contributed by atoms with Crippen LogP contribution in [0.3, 0.4) is 0 Å². The summed E-state index contributed by atoms with van der Waals surface area (Å²) in [5, 5.41) is 9.09. The summed E-state index contributed by atoms with van der Waals surface area (Å²) >= 11 is 16.7. The van der Waals surface area contributed by atoms with Crippen molar-refractivity contribution in [1.29, 1.82) is 0 Å². The summed E-state index contributed by atoms with van der Waals surface area (Å²) in [6.07, 6.45) is 0. The Labute approximate surface area is 95.1 Å². The summed E-state index contributed by atoms with van der Waals surface area (Å²) in [5.41, 5.74) is -1.44. The van der Waals surface area contributed by atoms with Crippen molar-refractivity contribution in [3.05, 3.63) is 28.2 Å². The van der Waals surface area contributed by atoms with Crippen LogP contribution in [-0.2, 0) is 4.79 Å². The molecular formula is C8H5Cl3O3. The van der Waals surface area contributed by atoms with Crippen molar-refractivity contribution >= 4 is 40.8 Å². The van der Waals surface area contributed by atoms with Crippen molar-refractivity contribution in [3.8, 4) is 5.75 Å². The zero-order chi connectivity index (χ0) is 10.7. The number of aliphatic carboxylic acids is 1. The predicted molar refractivity (Wildman–Crippen MR) is 54.4 cm³/mol. The van der Waals surface area contributed by atoms with Gasteiger partial charge in [-0.2, -0.15) is 0 Å². The third kappa shape index (κ3) is 2.94. The van der Waals surface area contributed by atoms with Gasteiger partial charge in [0.2, 0.25) is 0 Å². The molecule has 3 nitrogen and oxygen atoms in total. The second kappa shape index (κ2) is 4.73. The van der Waals surface area contributed by atoms with E-state index in [2.05, 4.69) is 0 Å². The number of carboxylic acid groups (broad SMARTS) is 1. The number of benzene rings is 1. The number of rotatable bonds is 3. The Kier molecular flexibility index (Phi) is 3.86. The SMILES string of the molecule is O=C(O)C(Cl)Oc1ccc(Cl)c(Cl)c1. The van der Waals surface area contributed by atoms with Crippen molar-refractivity contribution in [2.75, 3.05) is 0 Å². The van der Waals surface area contributed by atoms with Crippen LogP contribution in [0.2, 0.25) is 10.0 Å². The molecule has 14 heavy (non-hydrogen) atoms. The second-order valence-corrected chi connectivity index (χ2v) is 3.56. The lowest BCUT2D eigenvalue weighted by Gasteiger charge is -2.08. The van der Waals surface area contributed by atoms with E-state index >= 15 is 0 Å². The minimum atomic E-state index is -1.44. The van der Waals surface area contributed by atoms with Crippen molar-refractivity contribution in [1.82, 2.24) is 0 Å². The third-order valence-electron chi connectivity index (χ3n) is 1.32. The standard InChI is InChI=1S/C8H5Cl3O3/c9-5-2-1-4(3-6(5)10)14-7(11)8(12)13/h1-3,7H,(H,12,13). The van der Waals surface area contributed by atoms with Crippen LogP contribution in [0, 0.1) is 0 Å². The van der Waals surface area contributed by atoms with E-state index in [1.807, 2.05) is 0 Å². The number of carbonyl (C=O) groups is 1. The van der Waals surface area contributed by atoms with Crippen LogP contribution in [0.15, 0.2) is 18.2 Å². The molecular weight excluding hydrogens is 250 g/mol. The first-order valence-electron chi connectivity index (χ1n) is 3.49. The molecule has 0 aliphatic carbocycles. The number of halogens is 3. The minimum absolute atomic E-state index is 0.252. The molecule has 1 N–H and O–H groups in total. The maximum Gasteiger partial charge on any atom is 0.360 e. The van der Waals surface area contributed by atoms with E-state index in [1.165, 1.54) is 18.2 Å². The minimum Gasteiger partial charge on any atom is -0.478 e. The maximum absolute atomic E-state index is 10.3. The fraction of sp³-hybridized carbons (Fsp3) is 0.125. The summed E-state index contributed by atoms with van der Waals surface area (Å²) in [6, 6.07) is 4.36. The van der Waals surface area contributed by atoms with E-state index in [1.54, 1.807) is 0 Å². The van der Waals surface area contributed by atoms with Gasteiger partial charge in [0, 0.05) is 6.07 Å². The van der Waals surface area contributed by atoms with Crippen LogP contribution in [0.4, 0.5) is 0 Å². The van der Waals surface area contributed by atoms with Gasteiger partial charge < -0.3 is 9.84 Å². The van der Waals surface area contributed by atoms with Crippen molar-refractivity contribution < 1.29 is 14.6 Å². The van der Waals surface area contributed by atoms with Gasteiger partial charge in [-0.05, 0) is 12.1 Å². The number of hydrogen-bond donors (Lipinski definition) is 1. The summed E-state index contributed by atoms with van der Waals surface area (Å²) in [4.78, 5) is 10.3. The molecule has 0 amide bonds. The topological polar surface area (TPSA) is 46.5 Å². The van der Waals surface area contributed by atoms with Gasteiger partial charge >= 0.3 is 5.97 Å². The monoisotopic (exact) mass is 254 g/mol. The van der Waals surface area contributed by atoms with Gasteiger partial charge in [-0.15, -0.1) is 0 Å². The van der Waals surface area contributed by atoms with E-state index in [0.29, 0.717) is 5.02 Å². The fourth-order valence-electron chi connectivity index (χ4n) is 0.720. The number of ether oxygens (including phenoxy) is 1. The highest BCUT2D eigenvalue weighted by atomic mass is 35.5. The Bertz CT molecular complexity index is 354. The van der Waals surface area contributed by atoms with Gasteiger partial charge in [0.25, 0.3) is 5.56 Å². The third-order valence-corrected chi connectivity index (χ3v) is 2.34. The summed E-state index contributed by atoms with van der Waals surface area (Å²) < 4.78 is 4.83. The molecule has 76 valence electrons. The molecule has 0 heterocycles. The lowest BCUT2D eigenvalue weighted by molar-refractivity contribution is -0.141. The lowest BCUT2D eigenvalue weighted by Crippen LogP contribution is -2.20. The maximum atomic E-state index is 10.3. The Morgan fingerprint density at radius 2 is 2.00 bits per heavy atom. The Morgan fingerprint density at radius 1 is 1.36 bits per heavy atom. The number of alkyl halides is 1. The molecule has 0 bridgehead atoms. The van der Waals surface area contributed by atoms with E-state index in [9.17, 15) is 4.79 Å². The largest absolute Gasteiger partial charge is 0.478 e.